The molecule has 0 radical (unpaired) electrons. The van der Waals surface area contributed by atoms with E-state index < -0.39 is 17.6 Å². The third-order valence-corrected chi connectivity index (χ3v) is 3.22. The molecule has 1 amide bonds. The fourth-order valence-electron chi connectivity index (χ4n) is 2.05. The first-order valence-corrected chi connectivity index (χ1v) is 7.37. The molecule has 0 aliphatic rings. The summed E-state index contributed by atoms with van der Waals surface area (Å²) in [6.07, 6.45) is -4.53. The van der Waals surface area contributed by atoms with E-state index in [9.17, 15) is 18.0 Å². The summed E-state index contributed by atoms with van der Waals surface area (Å²) in [5.74, 6) is -0.312. The number of amides is 1. The Morgan fingerprint density at radius 2 is 1.72 bits per heavy atom. The molecule has 2 rings (SSSR count). The molecule has 0 bridgehead atoms. The van der Waals surface area contributed by atoms with Gasteiger partial charge in [-0.05, 0) is 24.3 Å². The van der Waals surface area contributed by atoms with E-state index in [-0.39, 0.29) is 17.9 Å². The van der Waals surface area contributed by atoms with Gasteiger partial charge in [-0.15, -0.1) is 0 Å². The molecule has 2 aromatic carbocycles. The van der Waals surface area contributed by atoms with E-state index in [1.165, 1.54) is 31.4 Å². The largest absolute Gasteiger partial charge is 0.490 e. The van der Waals surface area contributed by atoms with E-state index in [1.54, 1.807) is 18.2 Å². The molecule has 0 unspecified atom stereocenters. The molecule has 0 spiro atoms. The lowest BCUT2D eigenvalue weighted by Gasteiger charge is -2.16. The van der Waals surface area contributed by atoms with Crippen LogP contribution in [0, 0.1) is 0 Å². The number of alkyl halides is 3. The van der Waals surface area contributed by atoms with Crippen LogP contribution in [0.3, 0.4) is 0 Å². The van der Waals surface area contributed by atoms with Crippen LogP contribution in [0.5, 0.6) is 5.75 Å². The van der Waals surface area contributed by atoms with E-state index in [2.05, 4.69) is 10.9 Å². The van der Waals surface area contributed by atoms with Gasteiger partial charge in [0.1, 0.15) is 12.4 Å². The van der Waals surface area contributed by atoms with Crippen LogP contribution in [0.25, 0.3) is 0 Å². The smallest absolute Gasteiger partial charge is 0.418 e. The fraction of sp³-hybridized carbons (Fsp3) is 0.235. The monoisotopic (exact) mass is 354 g/mol. The van der Waals surface area contributed by atoms with Gasteiger partial charge < -0.3 is 9.47 Å². The molecule has 8 heteroatoms. The maximum absolute atomic E-state index is 12.9. The van der Waals surface area contributed by atoms with E-state index in [1.807, 2.05) is 0 Å². The number of ether oxygens (including phenoxy) is 2. The molecule has 0 aromatic heterocycles. The topological polar surface area (TPSA) is 59.6 Å². The van der Waals surface area contributed by atoms with Crippen LogP contribution >= 0.6 is 0 Å². The zero-order chi connectivity index (χ0) is 18.3. The van der Waals surface area contributed by atoms with Crippen molar-refractivity contribution < 1.29 is 27.4 Å². The quantitative estimate of drug-likeness (QED) is 0.590. The molecular formula is C17H17F3N2O3. The van der Waals surface area contributed by atoms with Crippen molar-refractivity contribution in [1.82, 2.24) is 5.43 Å². The molecule has 0 saturated heterocycles. The summed E-state index contributed by atoms with van der Waals surface area (Å²) in [5.41, 5.74) is 3.64. The third-order valence-electron chi connectivity index (χ3n) is 3.22. The minimum absolute atomic E-state index is 0.190. The van der Waals surface area contributed by atoms with Crippen molar-refractivity contribution in [1.29, 1.82) is 0 Å². The maximum Gasteiger partial charge on any atom is 0.418 e. The third kappa shape index (κ3) is 5.12. The molecule has 0 atom stereocenters. The summed E-state index contributed by atoms with van der Waals surface area (Å²) in [6, 6.07) is 11.3. The van der Waals surface area contributed by atoms with Gasteiger partial charge in [0.05, 0.1) is 23.4 Å². The average Bonchev–Trinajstić information content (AvgIpc) is 2.60. The van der Waals surface area contributed by atoms with Gasteiger partial charge in [-0.3, -0.25) is 15.6 Å². The SMILES string of the molecule is COCCOc1ccccc1C(=O)NNc1ccccc1C(F)(F)F. The molecular weight excluding hydrogens is 337 g/mol. The van der Waals surface area contributed by atoms with Crippen LogP contribution in [0.2, 0.25) is 0 Å². The Hall–Kier alpha value is -2.74. The fourth-order valence-corrected chi connectivity index (χ4v) is 2.05. The number of benzene rings is 2. The Morgan fingerprint density at radius 1 is 1.04 bits per heavy atom. The molecule has 134 valence electrons. The van der Waals surface area contributed by atoms with Crippen molar-refractivity contribution in [2.75, 3.05) is 25.7 Å². The summed E-state index contributed by atoms with van der Waals surface area (Å²) in [4.78, 5) is 12.3. The lowest BCUT2D eigenvalue weighted by atomic mass is 10.1. The highest BCUT2D eigenvalue weighted by Crippen LogP contribution is 2.34. The first-order chi connectivity index (χ1) is 11.9. The number of hydrogen-bond donors (Lipinski definition) is 2. The Labute approximate surface area is 142 Å². The zero-order valence-corrected chi connectivity index (χ0v) is 13.4. The number of hydrogen-bond acceptors (Lipinski definition) is 4. The number of methoxy groups -OCH3 is 1. The van der Waals surface area contributed by atoms with Crippen LogP contribution in [-0.2, 0) is 10.9 Å². The molecule has 0 fully saturated rings. The van der Waals surface area contributed by atoms with E-state index in [4.69, 9.17) is 9.47 Å². The van der Waals surface area contributed by atoms with Gasteiger partial charge in [0.25, 0.3) is 5.91 Å². The number of halogens is 3. The highest BCUT2D eigenvalue weighted by Gasteiger charge is 2.33. The van der Waals surface area contributed by atoms with Crippen molar-refractivity contribution in [2.45, 2.75) is 6.18 Å². The highest BCUT2D eigenvalue weighted by molar-refractivity contribution is 5.97. The van der Waals surface area contributed by atoms with E-state index in [0.717, 1.165) is 6.07 Å². The minimum atomic E-state index is -4.53. The van der Waals surface area contributed by atoms with Gasteiger partial charge in [-0.2, -0.15) is 13.2 Å². The Bertz CT molecular complexity index is 720. The molecule has 0 aliphatic carbocycles. The van der Waals surface area contributed by atoms with Crippen molar-refractivity contribution >= 4 is 11.6 Å². The Kier molecular flexibility index (Phi) is 6.24. The van der Waals surface area contributed by atoms with Crippen molar-refractivity contribution in [2.24, 2.45) is 0 Å². The van der Waals surface area contributed by atoms with Gasteiger partial charge in [0.15, 0.2) is 0 Å². The molecule has 5 nitrogen and oxygen atoms in total. The molecule has 2 N–H and O–H groups in total. The standard InChI is InChI=1S/C17H17F3N2O3/c1-24-10-11-25-15-9-5-2-6-12(15)16(23)22-21-14-8-4-3-7-13(14)17(18,19)20/h2-9,21H,10-11H2,1H3,(H,22,23). The molecule has 0 heterocycles. The molecule has 2 aromatic rings. The number of rotatable bonds is 7. The van der Waals surface area contributed by atoms with Crippen LogP contribution in [-0.4, -0.2) is 26.2 Å². The summed E-state index contributed by atoms with van der Waals surface area (Å²) in [5, 5.41) is 0. The van der Waals surface area contributed by atoms with Gasteiger partial charge in [0, 0.05) is 7.11 Å². The summed E-state index contributed by atoms with van der Waals surface area (Å²) in [6.45, 7) is 0.582. The van der Waals surface area contributed by atoms with Gasteiger partial charge in [-0.25, -0.2) is 0 Å². The van der Waals surface area contributed by atoms with Crippen molar-refractivity contribution in [3.8, 4) is 5.75 Å². The lowest BCUT2D eigenvalue weighted by molar-refractivity contribution is -0.137. The second-order valence-electron chi connectivity index (χ2n) is 4.96. The van der Waals surface area contributed by atoms with Crippen molar-refractivity contribution in [3.05, 3.63) is 59.7 Å². The molecule has 0 saturated carbocycles. The highest BCUT2D eigenvalue weighted by atomic mass is 19.4. The summed E-state index contributed by atoms with van der Waals surface area (Å²) >= 11 is 0. The van der Waals surface area contributed by atoms with Crippen LogP contribution < -0.4 is 15.6 Å². The van der Waals surface area contributed by atoms with Crippen LogP contribution in [0.15, 0.2) is 48.5 Å². The number of hydrazine groups is 1. The molecule has 25 heavy (non-hydrogen) atoms. The van der Waals surface area contributed by atoms with E-state index in [0.29, 0.717) is 12.4 Å². The number of nitrogens with one attached hydrogen (secondary N) is 2. The summed E-state index contributed by atoms with van der Waals surface area (Å²) < 4.78 is 49.1. The van der Waals surface area contributed by atoms with Crippen LogP contribution in [0.1, 0.15) is 15.9 Å². The maximum atomic E-state index is 12.9. The van der Waals surface area contributed by atoms with E-state index >= 15 is 0 Å². The minimum Gasteiger partial charge on any atom is -0.490 e. The molecule has 0 aliphatic heterocycles. The Balaban J connectivity index is 2.09. The number of carbonyl (C=O) groups excluding carboxylic acids is 1. The van der Waals surface area contributed by atoms with Gasteiger partial charge in [-0.1, -0.05) is 24.3 Å². The predicted octanol–water partition coefficient (Wildman–Crippen LogP) is 3.49. The van der Waals surface area contributed by atoms with Gasteiger partial charge in [0.2, 0.25) is 0 Å². The average molecular weight is 354 g/mol. The number of carbonyl (C=O) groups is 1. The normalized spacial score (nSPS) is 11.0. The van der Waals surface area contributed by atoms with Crippen molar-refractivity contribution in [3.63, 3.8) is 0 Å². The first kappa shape index (κ1) is 18.6. The predicted molar refractivity (Wildman–Crippen MR) is 86.3 cm³/mol. The number of anilines is 1. The summed E-state index contributed by atoms with van der Waals surface area (Å²) in [7, 11) is 1.52. The second kappa shape index (κ2) is 8.39. The zero-order valence-electron chi connectivity index (χ0n) is 13.4. The Morgan fingerprint density at radius 3 is 2.44 bits per heavy atom. The lowest BCUT2D eigenvalue weighted by Crippen LogP contribution is -2.31. The number of para-hydroxylation sites is 2. The first-order valence-electron chi connectivity index (χ1n) is 7.37. The van der Waals surface area contributed by atoms with Crippen LogP contribution in [0.4, 0.5) is 18.9 Å². The second-order valence-corrected chi connectivity index (χ2v) is 4.96. The van der Waals surface area contributed by atoms with Gasteiger partial charge >= 0.3 is 6.18 Å².